The second-order valence-corrected chi connectivity index (χ2v) is 10.4. The van der Waals surface area contributed by atoms with Gasteiger partial charge < -0.3 is 15.1 Å². The zero-order valence-corrected chi connectivity index (χ0v) is 21.2. The highest BCUT2D eigenvalue weighted by molar-refractivity contribution is 7.97. The Bertz CT molecular complexity index is 1060. The number of carbonyl (C=O) groups excluding carboxylic acids is 1. The SMILES string of the molecule is CC(C)N1c2cc(Nc3cccc(SN4CCN(CC(F)(F)F)CC4)c3)ncc2N(C)C(=O)C1C. The predicted octanol–water partition coefficient (Wildman–Crippen LogP) is 4.59. The highest BCUT2D eigenvalue weighted by Crippen LogP contribution is 2.38. The maximum atomic E-state index is 12.6. The van der Waals surface area contributed by atoms with Crippen molar-refractivity contribution in [3.63, 3.8) is 0 Å². The van der Waals surface area contributed by atoms with Gasteiger partial charge in [0.2, 0.25) is 5.91 Å². The lowest BCUT2D eigenvalue weighted by Gasteiger charge is -2.42. The normalized spacial score (nSPS) is 19.9. The van der Waals surface area contributed by atoms with Gasteiger partial charge in [-0.05, 0) is 50.9 Å². The molecule has 0 radical (unpaired) electrons. The molecule has 1 aromatic carbocycles. The molecular weight excluding hydrogens is 477 g/mol. The molecule has 1 amide bonds. The van der Waals surface area contributed by atoms with Crippen LogP contribution in [0.15, 0.2) is 41.4 Å². The number of carbonyl (C=O) groups is 1. The maximum absolute atomic E-state index is 12.6. The molecule has 0 saturated carbocycles. The van der Waals surface area contributed by atoms with E-state index in [2.05, 4.69) is 33.4 Å². The number of amides is 1. The summed E-state index contributed by atoms with van der Waals surface area (Å²) in [5, 5.41) is 3.36. The van der Waals surface area contributed by atoms with Gasteiger partial charge in [-0.25, -0.2) is 9.29 Å². The number of nitrogens with zero attached hydrogens (tertiary/aromatic N) is 5. The molecule has 35 heavy (non-hydrogen) atoms. The molecule has 1 atom stereocenters. The zero-order valence-electron chi connectivity index (χ0n) is 20.3. The second-order valence-electron chi connectivity index (χ2n) is 9.20. The van der Waals surface area contributed by atoms with Crippen LogP contribution in [0.4, 0.5) is 36.1 Å². The number of halogens is 3. The van der Waals surface area contributed by atoms with Gasteiger partial charge in [0, 0.05) is 55.9 Å². The van der Waals surface area contributed by atoms with Crippen LogP contribution in [0.2, 0.25) is 0 Å². The van der Waals surface area contributed by atoms with E-state index in [0.29, 0.717) is 32.0 Å². The van der Waals surface area contributed by atoms with Crippen LogP contribution in [0.5, 0.6) is 0 Å². The fourth-order valence-corrected chi connectivity index (χ4v) is 5.55. The number of benzene rings is 1. The number of aromatic nitrogens is 1. The summed E-state index contributed by atoms with van der Waals surface area (Å²) >= 11 is 1.55. The van der Waals surface area contributed by atoms with Gasteiger partial charge in [0.25, 0.3) is 0 Å². The molecule has 1 unspecified atom stereocenters. The van der Waals surface area contributed by atoms with Gasteiger partial charge >= 0.3 is 6.18 Å². The molecule has 1 saturated heterocycles. The van der Waals surface area contributed by atoms with Crippen molar-refractivity contribution >= 4 is 40.7 Å². The molecule has 4 rings (SSSR count). The molecule has 1 aromatic heterocycles. The molecule has 0 aliphatic carbocycles. The summed E-state index contributed by atoms with van der Waals surface area (Å²) in [5.41, 5.74) is 2.60. The van der Waals surface area contributed by atoms with E-state index in [9.17, 15) is 18.0 Å². The number of alkyl halides is 3. The van der Waals surface area contributed by atoms with Crippen LogP contribution in [0.1, 0.15) is 20.8 Å². The van der Waals surface area contributed by atoms with Gasteiger partial charge in [-0.2, -0.15) is 13.2 Å². The number of likely N-dealkylation sites (N-methyl/N-ethyl adjacent to an activating group) is 1. The third-order valence-corrected chi connectivity index (χ3v) is 7.33. The number of pyridine rings is 1. The standard InChI is InChI=1S/C24H31F3N6OS/c1-16(2)33-17(3)23(34)30(4)21-14-28-22(13-20(21)33)29-18-6-5-7-19(12-18)35-32-10-8-31(9-11-32)15-24(25,26)27/h5-7,12-14,16-17H,8-11,15H2,1-4H3,(H,28,29). The van der Waals surface area contributed by atoms with Crippen molar-refractivity contribution in [1.29, 1.82) is 0 Å². The summed E-state index contributed by atoms with van der Waals surface area (Å²) in [5.74, 6) is 0.713. The summed E-state index contributed by atoms with van der Waals surface area (Å²) in [7, 11) is 1.77. The van der Waals surface area contributed by atoms with Crippen LogP contribution in [0, 0.1) is 0 Å². The van der Waals surface area contributed by atoms with Crippen LogP contribution in [-0.4, -0.2) is 78.1 Å². The van der Waals surface area contributed by atoms with Crippen molar-refractivity contribution in [1.82, 2.24) is 14.2 Å². The van der Waals surface area contributed by atoms with Crippen LogP contribution in [0.3, 0.4) is 0 Å². The molecule has 11 heteroatoms. The molecule has 1 fully saturated rings. The lowest BCUT2D eigenvalue weighted by atomic mass is 10.1. The van der Waals surface area contributed by atoms with E-state index in [-0.39, 0.29) is 18.0 Å². The van der Waals surface area contributed by atoms with Crippen molar-refractivity contribution in [3.8, 4) is 0 Å². The van der Waals surface area contributed by atoms with Gasteiger partial charge in [0.05, 0.1) is 24.1 Å². The van der Waals surface area contributed by atoms with Crippen LogP contribution < -0.4 is 15.1 Å². The smallest absolute Gasteiger partial charge is 0.355 e. The average molecular weight is 509 g/mol. The summed E-state index contributed by atoms with van der Waals surface area (Å²) in [6.45, 7) is 7.12. The minimum Gasteiger partial charge on any atom is -0.355 e. The Balaban J connectivity index is 1.44. The first-order chi connectivity index (χ1) is 16.5. The third kappa shape index (κ3) is 6.02. The van der Waals surface area contributed by atoms with E-state index in [0.717, 1.165) is 22.0 Å². The largest absolute Gasteiger partial charge is 0.401 e. The Morgan fingerprint density at radius 1 is 1.14 bits per heavy atom. The minimum atomic E-state index is -4.16. The van der Waals surface area contributed by atoms with Gasteiger partial charge in [-0.1, -0.05) is 6.07 Å². The summed E-state index contributed by atoms with van der Waals surface area (Å²) in [4.78, 5) is 23.4. The van der Waals surface area contributed by atoms with Gasteiger partial charge in [0.15, 0.2) is 0 Å². The molecular formula is C24H31F3N6OS. The first-order valence-electron chi connectivity index (χ1n) is 11.7. The topological polar surface area (TPSA) is 55.0 Å². The van der Waals surface area contributed by atoms with Gasteiger partial charge in [-0.3, -0.25) is 9.69 Å². The lowest BCUT2D eigenvalue weighted by molar-refractivity contribution is -0.147. The third-order valence-electron chi connectivity index (χ3n) is 6.24. The van der Waals surface area contributed by atoms with Gasteiger partial charge in [-0.15, -0.1) is 0 Å². The van der Waals surface area contributed by atoms with Crippen molar-refractivity contribution in [2.24, 2.45) is 0 Å². The summed E-state index contributed by atoms with van der Waals surface area (Å²) < 4.78 is 40.0. The van der Waals surface area contributed by atoms with Crippen LogP contribution in [0.25, 0.3) is 0 Å². The fourth-order valence-electron chi connectivity index (χ4n) is 4.58. The fraction of sp³-hybridized carbons (Fsp3) is 0.500. The quantitative estimate of drug-likeness (QED) is 0.573. The first-order valence-corrected chi connectivity index (χ1v) is 12.4. The van der Waals surface area contributed by atoms with E-state index in [4.69, 9.17) is 0 Å². The predicted molar refractivity (Wildman–Crippen MR) is 134 cm³/mol. The zero-order chi connectivity index (χ0) is 25.3. The van der Waals surface area contributed by atoms with Crippen molar-refractivity contribution in [3.05, 3.63) is 36.5 Å². The monoisotopic (exact) mass is 508 g/mol. The molecule has 3 heterocycles. The molecule has 1 N–H and O–H groups in total. The van der Waals surface area contributed by atoms with Crippen molar-refractivity contribution in [2.75, 3.05) is 54.9 Å². The number of piperazine rings is 1. The minimum absolute atomic E-state index is 0.0395. The molecule has 2 aliphatic rings. The number of hydrogen-bond acceptors (Lipinski definition) is 7. The number of rotatable bonds is 6. The van der Waals surface area contributed by atoms with Crippen LogP contribution >= 0.6 is 11.9 Å². The summed E-state index contributed by atoms with van der Waals surface area (Å²) in [6.07, 6.45) is -2.44. The van der Waals surface area contributed by atoms with E-state index in [1.54, 1.807) is 30.1 Å². The average Bonchev–Trinajstić information content (AvgIpc) is 2.78. The molecule has 0 spiro atoms. The number of anilines is 4. The van der Waals surface area contributed by atoms with Crippen molar-refractivity contribution in [2.45, 2.75) is 43.9 Å². The molecule has 2 aliphatic heterocycles. The van der Waals surface area contributed by atoms with Crippen molar-refractivity contribution < 1.29 is 18.0 Å². The van der Waals surface area contributed by atoms with E-state index in [1.807, 2.05) is 37.3 Å². The Kier molecular flexibility index (Phi) is 7.48. The Morgan fingerprint density at radius 3 is 2.51 bits per heavy atom. The van der Waals surface area contributed by atoms with Crippen LogP contribution in [-0.2, 0) is 4.79 Å². The molecule has 0 bridgehead atoms. The highest BCUT2D eigenvalue weighted by atomic mass is 32.2. The van der Waals surface area contributed by atoms with Gasteiger partial charge in [0.1, 0.15) is 11.9 Å². The summed E-state index contributed by atoms with van der Waals surface area (Å²) in [6, 6.07) is 9.73. The second kappa shape index (κ2) is 10.2. The number of fused-ring (bicyclic) bond motifs is 1. The molecule has 2 aromatic rings. The Morgan fingerprint density at radius 2 is 1.86 bits per heavy atom. The number of nitrogens with one attached hydrogen (secondary N) is 1. The molecule has 7 nitrogen and oxygen atoms in total. The number of hydrogen-bond donors (Lipinski definition) is 1. The maximum Gasteiger partial charge on any atom is 0.401 e. The van der Waals surface area contributed by atoms with E-state index < -0.39 is 12.7 Å². The Hall–Kier alpha value is -2.50. The molecule has 190 valence electrons. The van der Waals surface area contributed by atoms with E-state index >= 15 is 0 Å². The lowest BCUT2D eigenvalue weighted by Crippen LogP contribution is -2.53. The van der Waals surface area contributed by atoms with E-state index in [1.165, 1.54) is 4.90 Å². The Labute approximate surface area is 208 Å². The highest BCUT2D eigenvalue weighted by Gasteiger charge is 2.35. The first kappa shape index (κ1) is 25.6.